The van der Waals surface area contributed by atoms with Crippen LogP contribution in [-0.4, -0.2) is 10.6 Å². The van der Waals surface area contributed by atoms with Crippen molar-refractivity contribution in [3.8, 4) is 0 Å². The zero-order valence-electron chi connectivity index (χ0n) is 5.76. The summed E-state index contributed by atoms with van der Waals surface area (Å²) in [5.41, 5.74) is 4.99. The van der Waals surface area contributed by atoms with E-state index in [0.717, 1.165) is 0 Å². The topological polar surface area (TPSA) is 46.2 Å². The first kappa shape index (κ1) is 7.63. The summed E-state index contributed by atoms with van der Waals surface area (Å²) in [5, 5.41) is 9.62. The van der Waals surface area contributed by atoms with Gasteiger partial charge in [-0.2, -0.15) is 0 Å². The van der Waals surface area contributed by atoms with E-state index in [9.17, 15) is 5.11 Å². The first-order valence-electron chi connectivity index (χ1n) is 3.09. The van der Waals surface area contributed by atoms with Crippen molar-refractivity contribution in [2.75, 3.05) is 0 Å². The molecule has 1 aliphatic carbocycles. The summed E-state index contributed by atoms with van der Waals surface area (Å²) in [4.78, 5) is 0. The number of allylic oxidation sites excluding steroid dienone is 2. The van der Waals surface area contributed by atoms with Crippen LogP contribution in [0.25, 0.3) is 0 Å². The van der Waals surface area contributed by atoms with Crippen molar-refractivity contribution >= 4 is 11.6 Å². The lowest BCUT2D eigenvalue weighted by Gasteiger charge is -2.25. The van der Waals surface area contributed by atoms with Gasteiger partial charge < -0.3 is 10.8 Å². The molecule has 0 saturated heterocycles. The van der Waals surface area contributed by atoms with Crippen LogP contribution in [0.2, 0.25) is 0 Å². The van der Waals surface area contributed by atoms with Crippen molar-refractivity contribution in [2.24, 2.45) is 5.73 Å². The second-order valence-corrected chi connectivity index (χ2v) is 3.13. The molecule has 10 heavy (non-hydrogen) atoms. The highest BCUT2D eigenvalue weighted by Gasteiger charge is 2.26. The summed E-state index contributed by atoms with van der Waals surface area (Å²) < 4.78 is 0. The number of aliphatic hydroxyl groups excluding tert-OH is 1. The fourth-order valence-electron chi connectivity index (χ4n) is 0.856. The molecule has 1 atom stereocenters. The van der Waals surface area contributed by atoms with Gasteiger partial charge in [0.2, 0.25) is 0 Å². The van der Waals surface area contributed by atoms with Gasteiger partial charge in [0.15, 0.2) is 0 Å². The third kappa shape index (κ3) is 1.18. The van der Waals surface area contributed by atoms with Crippen molar-refractivity contribution in [3.63, 3.8) is 0 Å². The minimum atomic E-state index is -0.675. The second-order valence-electron chi connectivity index (χ2n) is 2.72. The maximum absolute atomic E-state index is 9.28. The quantitative estimate of drug-likeness (QED) is 0.565. The van der Waals surface area contributed by atoms with Crippen LogP contribution in [0.15, 0.2) is 22.9 Å². The molecule has 0 aromatic heterocycles. The summed E-state index contributed by atoms with van der Waals surface area (Å²) in [6, 6.07) is 0. The molecule has 0 amide bonds. The number of hydrogen-bond donors (Lipinski definition) is 2. The Hall–Kier alpha value is -0.470. The maximum Gasteiger partial charge on any atom is 0.131 e. The standard InChI is InChI=1S/C7H10ClNO/c1-7(9)4-2-3-5(8)6(7)10/h2-3,10H,4,9H2,1H3. The highest BCUT2D eigenvalue weighted by atomic mass is 35.5. The van der Waals surface area contributed by atoms with Gasteiger partial charge in [0.1, 0.15) is 5.76 Å². The van der Waals surface area contributed by atoms with Gasteiger partial charge in [-0.05, 0) is 19.4 Å². The Bertz CT molecular complexity index is 206. The molecule has 0 bridgehead atoms. The number of nitrogens with two attached hydrogens (primary N) is 1. The highest BCUT2D eigenvalue weighted by molar-refractivity contribution is 6.31. The van der Waals surface area contributed by atoms with Crippen molar-refractivity contribution in [1.82, 2.24) is 0 Å². The molecule has 0 saturated carbocycles. The minimum Gasteiger partial charge on any atom is -0.509 e. The van der Waals surface area contributed by atoms with Crippen LogP contribution in [0, 0.1) is 0 Å². The van der Waals surface area contributed by atoms with Gasteiger partial charge in [-0.3, -0.25) is 0 Å². The lowest BCUT2D eigenvalue weighted by atomic mass is 9.93. The zero-order valence-corrected chi connectivity index (χ0v) is 6.52. The van der Waals surface area contributed by atoms with E-state index in [1.807, 2.05) is 6.08 Å². The third-order valence-electron chi connectivity index (χ3n) is 1.57. The smallest absolute Gasteiger partial charge is 0.131 e. The van der Waals surface area contributed by atoms with E-state index in [2.05, 4.69) is 0 Å². The summed E-state index contributed by atoms with van der Waals surface area (Å²) in [7, 11) is 0. The van der Waals surface area contributed by atoms with Crippen LogP contribution in [0.5, 0.6) is 0 Å². The number of rotatable bonds is 0. The van der Waals surface area contributed by atoms with Crippen LogP contribution in [0.4, 0.5) is 0 Å². The van der Waals surface area contributed by atoms with E-state index in [1.54, 1.807) is 13.0 Å². The molecule has 0 heterocycles. The lowest BCUT2D eigenvalue weighted by molar-refractivity contribution is 0.304. The van der Waals surface area contributed by atoms with E-state index in [0.29, 0.717) is 11.5 Å². The second kappa shape index (κ2) is 2.29. The molecular formula is C7H10ClNO. The van der Waals surface area contributed by atoms with E-state index in [1.165, 1.54) is 0 Å². The molecule has 1 rings (SSSR count). The Kier molecular flexibility index (Phi) is 1.75. The number of hydrogen-bond acceptors (Lipinski definition) is 2. The van der Waals surface area contributed by atoms with Crippen LogP contribution in [-0.2, 0) is 0 Å². The van der Waals surface area contributed by atoms with E-state index < -0.39 is 5.54 Å². The third-order valence-corrected chi connectivity index (χ3v) is 1.88. The molecule has 0 aromatic rings. The van der Waals surface area contributed by atoms with Gasteiger partial charge in [0.05, 0.1) is 10.6 Å². The van der Waals surface area contributed by atoms with E-state index >= 15 is 0 Å². The maximum atomic E-state index is 9.28. The molecule has 0 spiro atoms. The summed E-state index contributed by atoms with van der Waals surface area (Å²) in [5.74, 6) is 0.0802. The van der Waals surface area contributed by atoms with Crippen molar-refractivity contribution in [3.05, 3.63) is 22.9 Å². The summed E-state index contributed by atoms with van der Waals surface area (Å²) in [6.45, 7) is 1.74. The molecule has 0 aliphatic heterocycles. The molecule has 0 fully saturated rings. The van der Waals surface area contributed by atoms with Crippen molar-refractivity contribution in [1.29, 1.82) is 0 Å². The normalized spacial score (nSPS) is 33.1. The van der Waals surface area contributed by atoms with Gasteiger partial charge in [-0.15, -0.1) is 0 Å². The Morgan fingerprint density at radius 1 is 1.80 bits per heavy atom. The van der Waals surface area contributed by atoms with Crippen LogP contribution in [0.1, 0.15) is 13.3 Å². The summed E-state index contributed by atoms with van der Waals surface area (Å²) >= 11 is 5.61. The van der Waals surface area contributed by atoms with Crippen LogP contribution >= 0.6 is 11.6 Å². The first-order valence-corrected chi connectivity index (χ1v) is 3.46. The zero-order chi connectivity index (χ0) is 7.78. The number of halogens is 1. The molecule has 1 aliphatic rings. The largest absolute Gasteiger partial charge is 0.509 e. The monoisotopic (exact) mass is 159 g/mol. The Morgan fingerprint density at radius 2 is 2.40 bits per heavy atom. The van der Waals surface area contributed by atoms with Gasteiger partial charge in [0.25, 0.3) is 0 Å². The van der Waals surface area contributed by atoms with Crippen LogP contribution in [0.3, 0.4) is 0 Å². The van der Waals surface area contributed by atoms with Gasteiger partial charge >= 0.3 is 0 Å². The van der Waals surface area contributed by atoms with Crippen molar-refractivity contribution in [2.45, 2.75) is 18.9 Å². The van der Waals surface area contributed by atoms with Crippen molar-refractivity contribution < 1.29 is 5.11 Å². The minimum absolute atomic E-state index is 0.0802. The first-order chi connectivity index (χ1) is 4.54. The van der Waals surface area contributed by atoms with Gasteiger partial charge in [-0.1, -0.05) is 17.7 Å². The molecule has 0 aromatic carbocycles. The average Bonchev–Trinajstić information content (AvgIpc) is 1.83. The number of aliphatic hydroxyl groups is 1. The van der Waals surface area contributed by atoms with E-state index in [4.69, 9.17) is 17.3 Å². The molecule has 56 valence electrons. The van der Waals surface area contributed by atoms with Crippen LogP contribution < -0.4 is 5.73 Å². The average molecular weight is 160 g/mol. The predicted octanol–water partition coefficient (Wildman–Crippen LogP) is 1.67. The molecule has 3 N–H and O–H groups in total. The highest BCUT2D eigenvalue weighted by Crippen LogP contribution is 2.26. The van der Waals surface area contributed by atoms with E-state index in [-0.39, 0.29) is 5.76 Å². The molecular weight excluding hydrogens is 150 g/mol. The Morgan fingerprint density at radius 3 is 2.80 bits per heavy atom. The fourth-order valence-corrected chi connectivity index (χ4v) is 1.16. The van der Waals surface area contributed by atoms with Gasteiger partial charge in [0, 0.05) is 0 Å². The summed E-state index contributed by atoms with van der Waals surface area (Å²) in [6.07, 6.45) is 4.14. The Balaban J connectivity index is 2.99. The molecule has 1 unspecified atom stereocenters. The molecule has 3 heteroatoms. The molecule has 2 nitrogen and oxygen atoms in total. The predicted molar refractivity (Wildman–Crippen MR) is 41.9 cm³/mol. The fraction of sp³-hybridized carbons (Fsp3) is 0.429. The molecule has 0 radical (unpaired) electrons. The SMILES string of the molecule is CC1(N)CC=CC(Cl)=C1O. The Labute approximate surface area is 65.0 Å². The lowest BCUT2D eigenvalue weighted by Crippen LogP contribution is -2.39. The van der Waals surface area contributed by atoms with Gasteiger partial charge in [-0.25, -0.2) is 0 Å².